The van der Waals surface area contributed by atoms with Crippen LogP contribution in [-0.4, -0.2) is 10.2 Å². The van der Waals surface area contributed by atoms with Crippen LogP contribution in [0.2, 0.25) is 0 Å². The van der Waals surface area contributed by atoms with E-state index in [1.165, 1.54) is 0 Å². The maximum absolute atomic E-state index is 13.9. The Morgan fingerprint density at radius 1 is 0.810 bits per heavy atom. The molecule has 3 aromatic rings. The van der Waals surface area contributed by atoms with E-state index in [1.807, 2.05) is 36.4 Å². The van der Waals surface area contributed by atoms with Crippen molar-refractivity contribution in [1.29, 1.82) is 0 Å². The highest BCUT2D eigenvalue weighted by Gasteiger charge is 2.34. The summed E-state index contributed by atoms with van der Waals surface area (Å²) < 4.78 is 13.9. The van der Waals surface area contributed by atoms with Gasteiger partial charge >= 0.3 is 0 Å². The quantitative estimate of drug-likeness (QED) is 0.722. The van der Waals surface area contributed by atoms with Crippen LogP contribution in [0.15, 0.2) is 65.5 Å². The Balaban J connectivity index is 2.37. The SMILES string of the molecule is Cc1[nH][nH]c(=O)c1P(=O)(c1ccccc1)c1ccccc1. The largest absolute Gasteiger partial charge is 0.308 e. The number of hydrogen-bond donors (Lipinski definition) is 2. The molecule has 0 amide bonds. The monoisotopic (exact) mass is 298 g/mol. The van der Waals surface area contributed by atoms with Crippen LogP contribution >= 0.6 is 7.14 Å². The Bertz CT molecular complexity index is 807. The maximum Gasteiger partial charge on any atom is 0.275 e. The first-order chi connectivity index (χ1) is 10.1. The molecule has 106 valence electrons. The first-order valence-corrected chi connectivity index (χ1v) is 8.34. The van der Waals surface area contributed by atoms with Crippen molar-refractivity contribution in [1.82, 2.24) is 10.2 Å². The zero-order valence-electron chi connectivity index (χ0n) is 11.5. The van der Waals surface area contributed by atoms with Crippen LogP contribution in [0.4, 0.5) is 0 Å². The van der Waals surface area contributed by atoms with Crippen LogP contribution in [0.3, 0.4) is 0 Å². The standard InChI is InChI=1S/C16H15N2O2P/c1-12-15(16(19)18-17-12)21(20,13-8-4-2-5-9-13)14-10-6-3-7-11-14/h2-11H,1H3,(H2,17,18,19). The highest BCUT2D eigenvalue weighted by atomic mass is 31.2. The predicted molar refractivity (Wildman–Crippen MR) is 85.5 cm³/mol. The fourth-order valence-corrected chi connectivity index (χ4v) is 5.37. The summed E-state index contributed by atoms with van der Waals surface area (Å²) in [6.45, 7) is 1.76. The lowest BCUT2D eigenvalue weighted by molar-refractivity contribution is 0.592. The molecule has 0 aliphatic carbocycles. The molecule has 1 heterocycles. The van der Waals surface area contributed by atoms with E-state index in [9.17, 15) is 9.36 Å². The summed E-state index contributed by atoms with van der Waals surface area (Å²) in [5.41, 5.74) is 0.277. The van der Waals surface area contributed by atoms with Gasteiger partial charge in [0.15, 0.2) is 7.14 Å². The van der Waals surface area contributed by atoms with Gasteiger partial charge in [-0.25, -0.2) is 0 Å². The molecule has 0 aliphatic heterocycles. The molecule has 4 nitrogen and oxygen atoms in total. The third-order valence-electron chi connectivity index (χ3n) is 3.49. The van der Waals surface area contributed by atoms with E-state index in [1.54, 1.807) is 31.2 Å². The van der Waals surface area contributed by atoms with Gasteiger partial charge in [0, 0.05) is 16.3 Å². The van der Waals surface area contributed by atoms with Crippen molar-refractivity contribution in [2.45, 2.75) is 6.92 Å². The minimum Gasteiger partial charge on any atom is -0.308 e. The first kappa shape index (κ1) is 13.7. The van der Waals surface area contributed by atoms with Crippen molar-refractivity contribution >= 4 is 23.1 Å². The van der Waals surface area contributed by atoms with Gasteiger partial charge in [0.25, 0.3) is 5.56 Å². The van der Waals surface area contributed by atoms with Crippen LogP contribution in [-0.2, 0) is 4.57 Å². The van der Waals surface area contributed by atoms with E-state index in [2.05, 4.69) is 10.2 Å². The molecule has 2 aromatic carbocycles. The van der Waals surface area contributed by atoms with Crippen LogP contribution in [0.5, 0.6) is 0 Å². The zero-order valence-corrected chi connectivity index (χ0v) is 12.4. The third-order valence-corrected chi connectivity index (χ3v) is 6.71. The number of rotatable bonds is 3. The minimum absolute atomic E-state index is 0.319. The maximum atomic E-state index is 13.9. The summed E-state index contributed by atoms with van der Waals surface area (Å²) in [7, 11) is -3.18. The van der Waals surface area contributed by atoms with Gasteiger partial charge in [0.1, 0.15) is 5.30 Å². The molecule has 0 atom stereocenters. The molecule has 21 heavy (non-hydrogen) atoms. The van der Waals surface area contributed by atoms with E-state index in [0.717, 1.165) is 0 Å². The molecule has 0 spiro atoms. The van der Waals surface area contributed by atoms with Gasteiger partial charge in [0.05, 0.1) is 0 Å². The normalized spacial score (nSPS) is 11.5. The van der Waals surface area contributed by atoms with E-state index in [0.29, 0.717) is 21.6 Å². The smallest absolute Gasteiger partial charge is 0.275 e. The molecule has 0 unspecified atom stereocenters. The molecule has 0 fully saturated rings. The number of aromatic amines is 2. The van der Waals surface area contributed by atoms with E-state index in [-0.39, 0.29) is 5.56 Å². The molecule has 0 aliphatic rings. The van der Waals surface area contributed by atoms with Gasteiger partial charge in [0.2, 0.25) is 0 Å². The van der Waals surface area contributed by atoms with Crippen LogP contribution < -0.4 is 21.5 Å². The molecule has 5 heteroatoms. The van der Waals surface area contributed by atoms with Crippen molar-refractivity contribution in [3.8, 4) is 0 Å². The molecular weight excluding hydrogens is 283 g/mol. The first-order valence-electron chi connectivity index (χ1n) is 6.63. The minimum atomic E-state index is -3.18. The molecule has 1 aromatic heterocycles. The molecule has 3 rings (SSSR count). The van der Waals surface area contributed by atoms with Crippen molar-refractivity contribution < 1.29 is 4.57 Å². The highest BCUT2D eigenvalue weighted by molar-refractivity contribution is 7.85. The summed E-state index contributed by atoms with van der Waals surface area (Å²) in [6.07, 6.45) is 0. The second-order valence-corrected chi connectivity index (χ2v) is 7.53. The molecule has 0 saturated heterocycles. The lowest BCUT2D eigenvalue weighted by Crippen LogP contribution is -2.33. The summed E-state index contributed by atoms with van der Waals surface area (Å²) in [6, 6.07) is 18.3. The molecule has 2 N–H and O–H groups in total. The summed E-state index contributed by atoms with van der Waals surface area (Å²) in [5.74, 6) is 0. The second-order valence-electron chi connectivity index (χ2n) is 4.83. The average Bonchev–Trinajstić information content (AvgIpc) is 2.88. The van der Waals surface area contributed by atoms with E-state index in [4.69, 9.17) is 0 Å². The number of aromatic nitrogens is 2. The van der Waals surface area contributed by atoms with Crippen molar-refractivity contribution in [2.24, 2.45) is 0 Å². The number of benzene rings is 2. The molecule has 0 bridgehead atoms. The van der Waals surface area contributed by atoms with Gasteiger partial charge in [-0.05, 0) is 6.92 Å². The Hall–Kier alpha value is -2.32. The van der Waals surface area contributed by atoms with Gasteiger partial charge in [-0.15, -0.1) is 0 Å². The third kappa shape index (κ3) is 2.18. The topological polar surface area (TPSA) is 65.7 Å². The second kappa shape index (κ2) is 5.23. The highest BCUT2D eigenvalue weighted by Crippen LogP contribution is 2.41. The number of H-pyrrole nitrogens is 2. The molecule has 0 saturated carbocycles. The van der Waals surface area contributed by atoms with Crippen molar-refractivity contribution in [3.05, 3.63) is 76.7 Å². The predicted octanol–water partition coefficient (Wildman–Crippen LogP) is 1.65. The molecular formula is C16H15N2O2P. The van der Waals surface area contributed by atoms with Crippen molar-refractivity contribution in [2.75, 3.05) is 0 Å². The van der Waals surface area contributed by atoms with Crippen LogP contribution in [0.25, 0.3) is 0 Å². The Morgan fingerprint density at radius 3 is 1.67 bits per heavy atom. The zero-order chi connectivity index (χ0) is 14.9. The van der Waals surface area contributed by atoms with Crippen molar-refractivity contribution in [3.63, 3.8) is 0 Å². The fourth-order valence-electron chi connectivity index (χ4n) is 2.50. The van der Waals surface area contributed by atoms with E-state index >= 15 is 0 Å². The van der Waals surface area contributed by atoms with Crippen LogP contribution in [0, 0.1) is 6.92 Å². The Kier molecular flexibility index (Phi) is 3.40. The van der Waals surface area contributed by atoms with Gasteiger partial charge < -0.3 is 9.66 Å². The Morgan fingerprint density at radius 2 is 1.29 bits per heavy atom. The fraction of sp³-hybridized carbons (Fsp3) is 0.0625. The van der Waals surface area contributed by atoms with E-state index < -0.39 is 7.14 Å². The molecule has 0 radical (unpaired) electrons. The van der Waals surface area contributed by atoms with Gasteiger partial charge in [-0.2, -0.15) is 0 Å². The van der Waals surface area contributed by atoms with Gasteiger partial charge in [-0.3, -0.25) is 9.89 Å². The summed E-state index contributed by atoms with van der Waals surface area (Å²) >= 11 is 0. The lowest BCUT2D eigenvalue weighted by atomic mass is 10.4. The Labute approximate surface area is 122 Å². The number of hydrogen-bond acceptors (Lipinski definition) is 2. The number of aryl methyl sites for hydroxylation is 1. The lowest BCUT2D eigenvalue weighted by Gasteiger charge is -2.18. The summed E-state index contributed by atoms with van der Waals surface area (Å²) in [5, 5.41) is 6.93. The average molecular weight is 298 g/mol. The van der Waals surface area contributed by atoms with Gasteiger partial charge in [-0.1, -0.05) is 60.7 Å². The summed E-state index contributed by atoms with van der Waals surface area (Å²) in [4.78, 5) is 12.2. The van der Waals surface area contributed by atoms with Crippen LogP contribution in [0.1, 0.15) is 5.69 Å². The number of nitrogens with one attached hydrogen (secondary N) is 2.